The number of aryl methyl sites for hydroxylation is 2. The fourth-order valence-electron chi connectivity index (χ4n) is 2.88. The van der Waals surface area contributed by atoms with Gasteiger partial charge in [-0.15, -0.1) is 0 Å². The Hall–Kier alpha value is -1.35. The molecule has 0 aromatic heterocycles. The molecule has 0 saturated carbocycles. The highest BCUT2D eigenvalue weighted by Gasteiger charge is 2.09. The van der Waals surface area contributed by atoms with Gasteiger partial charge in [-0.05, 0) is 32.4 Å². The van der Waals surface area contributed by atoms with Crippen LogP contribution in [0.5, 0.6) is 0 Å². The normalized spacial score (nSPS) is 10.8. The fraction of sp³-hybridized carbons (Fsp3) is 0.667. The average Bonchev–Trinajstić information content (AvgIpc) is 2.54. The van der Waals surface area contributed by atoms with Crippen molar-refractivity contribution in [3.05, 3.63) is 34.9 Å². The van der Waals surface area contributed by atoms with E-state index >= 15 is 0 Å². The van der Waals surface area contributed by atoms with Gasteiger partial charge < -0.3 is 0 Å². The monoisotopic (exact) mass is 334 g/mol. The van der Waals surface area contributed by atoms with Crippen molar-refractivity contribution < 1.29 is 14.6 Å². The molecule has 0 saturated heterocycles. The molecule has 1 aromatic rings. The van der Waals surface area contributed by atoms with Gasteiger partial charge in [0.15, 0.2) is 0 Å². The Bertz CT molecular complexity index is 448. The number of carbonyl (C=O) groups is 1. The van der Waals surface area contributed by atoms with Gasteiger partial charge in [0, 0.05) is 0 Å². The summed E-state index contributed by atoms with van der Waals surface area (Å²) in [6.45, 7) is 6.66. The summed E-state index contributed by atoms with van der Waals surface area (Å²) in [7, 11) is 0. The first-order chi connectivity index (χ1) is 11.6. The minimum Gasteiger partial charge on any atom is -0.293 e. The number of hydrogen-bond acceptors (Lipinski definition) is 3. The quantitative estimate of drug-likeness (QED) is 0.241. The standard InChI is InChI=1S/C21H34O3/c1-4-5-6-7-8-9-10-11-12-13-14-23-24-21(22)20-16-18(2)15-19(3)17-20/h15-17H,4-14H2,1-3H3. The Morgan fingerprint density at radius 1 is 0.792 bits per heavy atom. The van der Waals surface area contributed by atoms with Gasteiger partial charge in [-0.25, -0.2) is 4.79 Å². The summed E-state index contributed by atoms with van der Waals surface area (Å²) >= 11 is 0. The van der Waals surface area contributed by atoms with E-state index in [1.165, 1.54) is 51.4 Å². The Morgan fingerprint density at radius 3 is 1.83 bits per heavy atom. The molecule has 0 unspecified atom stereocenters. The molecule has 1 rings (SSSR count). The molecular formula is C21H34O3. The van der Waals surface area contributed by atoms with Crippen LogP contribution in [0.15, 0.2) is 18.2 Å². The Balaban J connectivity index is 1.97. The third-order valence-corrected chi connectivity index (χ3v) is 4.17. The maximum absolute atomic E-state index is 11.9. The predicted octanol–water partition coefficient (Wildman–Crippen LogP) is 6.31. The summed E-state index contributed by atoms with van der Waals surface area (Å²) in [5.74, 6) is -0.408. The van der Waals surface area contributed by atoms with Crippen LogP contribution in [0.2, 0.25) is 0 Å². The van der Waals surface area contributed by atoms with Gasteiger partial charge in [0.25, 0.3) is 0 Å². The lowest BCUT2D eigenvalue weighted by Crippen LogP contribution is -2.07. The molecular weight excluding hydrogens is 300 g/mol. The second-order valence-corrected chi connectivity index (χ2v) is 6.75. The van der Waals surface area contributed by atoms with Crippen LogP contribution >= 0.6 is 0 Å². The summed E-state index contributed by atoms with van der Waals surface area (Å²) in [6, 6.07) is 5.67. The first-order valence-electron chi connectivity index (χ1n) is 9.55. The first kappa shape index (κ1) is 20.7. The van der Waals surface area contributed by atoms with Crippen LogP contribution in [-0.2, 0) is 9.78 Å². The molecule has 0 radical (unpaired) electrons. The van der Waals surface area contributed by atoms with Crippen LogP contribution < -0.4 is 0 Å². The summed E-state index contributed by atoms with van der Waals surface area (Å²) in [5, 5.41) is 0. The van der Waals surface area contributed by atoms with E-state index in [1.54, 1.807) is 0 Å². The van der Waals surface area contributed by atoms with Gasteiger partial charge in [-0.2, -0.15) is 4.89 Å². The van der Waals surface area contributed by atoms with Gasteiger partial charge in [-0.3, -0.25) is 4.89 Å². The average molecular weight is 335 g/mol. The molecule has 136 valence electrons. The first-order valence-corrected chi connectivity index (χ1v) is 9.55. The molecule has 0 N–H and O–H groups in total. The molecule has 0 heterocycles. The molecule has 0 aliphatic heterocycles. The van der Waals surface area contributed by atoms with Gasteiger partial charge >= 0.3 is 5.97 Å². The summed E-state index contributed by atoms with van der Waals surface area (Å²) < 4.78 is 0. The van der Waals surface area contributed by atoms with Crippen molar-refractivity contribution in [1.29, 1.82) is 0 Å². The van der Waals surface area contributed by atoms with Crippen LogP contribution in [0.25, 0.3) is 0 Å². The van der Waals surface area contributed by atoms with Crippen molar-refractivity contribution >= 4 is 5.97 Å². The van der Waals surface area contributed by atoms with E-state index in [9.17, 15) is 4.79 Å². The van der Waals surface area contributed by atoms with Crippen molar-refractivity contribution in [2.24, 2.45) is 0 Å². The molecule has 0 aliphatic rings. The van der Waals surface area contributed by atoms with Crippen molar-refractivity contribution in [3.63, 3.8) is 0 Å². The lowest BCUT2D eigenvalue weighted by Gasteiger charge is -2.06. The van der Waals surface area contributed by atoms with Crippen LogP contribution in [-0.4, -0.2) is 12.6 Å². The predicted molar refractivity (Wildman–Crippen MR) is 99.1 cm³/mol. The fourth-order valence-corrected chi connectivity index (χ4v) is 2.88. The Labute approximate surface area is 147 Å². The maximum Gasteiger partial charge on any atom is 0.373 e. The van der Waals surface area contributed by atoms with Gasteiger partial charge in [0.05, 0.1) is 12.2 Å². The van der Waals surface area contributed by atoms with E-state index in [1.807, 2.05) is 32.0 Å². The van der Waals surface area contributed by atoms with E-state index in [0.717, 1.165) is 24.0 Å². The molecule has 3 heteroatoms. The second kappa shape index (κ2) is 13.0. The van der Waals surface area contributed by atoms with E-state index in [2.05, 4.69) is 6.92 Å². The molecule has 3 nitrogen and oxygen atoms in total. The SMILES string of the molecule is CCCCCCCCCCCCOOC(=O)c1cc(C)cc(C)c1. The summed E-state index contributed by atoms with van der Waals surface area (Å²) in [4.78, 5) is 21.8. The maximum atomic E-state index is 11.9. The molecule has 0 fully saturated rings. The van der Waals surface area contributed by atoms with Crippen LogP contribution in [0.3, 0.4) is 0 Å². The molecule has 0 bridgehead atoms. The third kappa shape index (κ3) is 9.71. The van der Waals surface area contributed by atoms with Gasteiger partial charge in [-0.1, -0.05) is 81.9 Å². The molecule has 0 amide bonds. The zero-order chi connectivity index (χ0) is 17.6. The number of hydrogen-bond donors (Lipinski definition) is 0. The van der Waals surface area contributed by atoms with Crippen molar-refractivity contribution in [2.45, 2.75) is 85.0 Å². The lowest BCUT2D eigenvalue weighted by molar-refractivity contribution is -0.241. The summed E-state index contributed by atoms with van der Waals surface area (Å²) in [5.41, 5.74) is 2.66. The minimum atomic E-state index is -0.408. The Kier molecular flexibility index (Phi) is 11.2. The van der Waals surface area contributed by atoms with E-state index in [0.29, 0.717) is 12.2 Å². The van der Waals surface area contributed by atoms with Crippen molar-refractivity contribution in [2.75, 3.05) is 6.61 Å². The van der Waals surface area contributed by atoms with E-state index < -0.39 is 5.97 Å². The second-order valence-electron chi connectivity index (χ2n) is 6.75. The number of carbonyl (C=O) groups excluding carboxylic acids is 1. The summed E-state index contributed by atoms with van der Waals surface area (Å²) in [6.07, 6.45) is 12.8. The number of benzene rings is 1. The van der Waals surface area contributed by atoms with Crippen molar-refractivity contribution in [1.82, 2.24) is 0 Å². The largest absolute Gasteiger partial charge is 0.373 e. The highest BCUT2D eigenvalue weighted by molar-refractivity contribution is 5.89. The van der Waals surface area contributed by atoms with Crippen LogP contribution in [0, 0.1) is 13.8 Å². The van der Waals surface area contributed by atoms with Crippen LogP contribution in [0.4, 0.5) is 0 Å². The number of rotatable bonds is 13. The molecule has 0 atom stereocenters. The Morgan fingerprint density at radius 2 is 1.29 bits per heavy atom. The zero-order valence-corrected chi connectivity index (χ0v) is 15.7. The number of unbranched alkanes of at least 4 members (excludes halogenated alkanes) is 9. The third-order valence-electron chi connectivity index (χ3n) is 4.17. The van der Waals surface area contributed by atoms with Crippen LogP contribution in [0.1, 0.15) is 92.6 Å². The molecule has 0 spiro atoms. The zero-order valence-electron chi connectivity index (χ0n) is 15.7. The molecule has 1 aromatic carbocycles. The highest BCUT2D eigenvalue weighted by Crippen LogP contribution is 2.12. The topological polar surface area (TPSA) is 35.5 Å². The van der Waals surface area contributed by atoms with Gasteiger partial charge in [0.1, 0.15) is 0 Å². The minimum absolute atomic E-state index is 0.408. The smallest absolute Gasteiger partial charge is 0.293 e. The molecule has 24 heavy (non-hydrogen) atoms. The van der Waals surface area contributed by atoms with Gasteiger partial charge in [0.2, 0.25) is 0 Å². The molecule has 0 aliphatic carbocycles. The van der Waals surface area contributed by atoms with Crippen molar-refractivity contribution in [3.8, 4) is 0 Å². The lowest BCUT2D eigenvalue weighted by atomic mass is 10.1. The highest BCUT2D eigenvalue weighted by atomic mass is 17.2. The van der Waals surface area contributed by atoms with E-state index in [-0.39, 0.29) is 0 Å². The van der Waals surface area contributed by atoms with E-state index in [4.69, 9.17) is 9.78 Å².